The van der Waals surface area contributed by atoms with Crippen LogP contribution < -0.4 is 10.6 Å². The van der Waals surface area contributed by atoms with Crippen molar-refractivity contribution in [1.29, 1.82) is 0 Å². The fourth-order valence-corrected chi connectivity index (χ4v) is 1.99. The first-order valence-corrected chi connectivity index (χ1v) is 7.01. The maximum Gasteiger partial charge on any atom is 0.313 e. The van der Waals surface area contributed by atoms with Gasteiger partial charge in [0.2, 0.25) is 0 Å². The van der Waals surface area contributed by atoms with E-state index in [0.717, 1.165) is 6.07 Å². The van der Waals surface area contributed by atoms with Crippen LogP contribution in [0.3, 0.4) is 0 Å². The Morgan fingerprint density at radius 3 is 2.43 bits per heavy atom. The lowest BCUT2D eigenvalue weighted by Crippen LogP contribution is -2.43. The molecule has 5 nitrogen and oxygen atoms in total. The fourth-order valence-electron chi connectivity index (χ4n) is 1.99. The van der Waals surface area contributed by atoms with Crippen molar-refractivity contribution in [3.63, 3.8) is 0 Å². The van der Waals surface area contributed by atoms with Crippen LogP contribution >= 0.6 is 0 Å². The molecule has 2 aromatic rings. The Labute approximate surface area is 133 Å². The second kappa shape index (κ2) is 7.02. The van der Waals surface area contributed by atoms with Crippen molar-refractivity contribution in [1.82, 2.24) is 5.32 Å². The zero-order valence-corrected chi connectivity index (χ0v) is 12.5. The number of hydrogen-bond donors (Lipinski definition) is 3. The molecule has 2 aromatic carbocycles. The fraction of sp³-hybridized carbons (Fsp3) is 0.176. The standard InChI is InChI=1S/C17H17FN2O3/c1-17(23,12-6-3-2-4-7-12)11-19-15(21)16(22)20-14-9-5-8-13(18)10-14/h2-10,23H,11H2,1H3,(H,19,21)(H,20,22). The first-order chi connectivity index (χ1) is 10.9. The molecule has 0 aromatic heterocycles. The molecule has 0 radical (unpaired) electrons. The number of anilines is 1. The third-order valence-electron chi connectivity index (χ3n) is 3.28. The number of benzene rings is 2. The first kappa shape index (κ1) is 16.6. The molecule has 1 atom stereocenters. The van der Waals surface area contributed by atoms with E-state index in [1.54, 1.807) is 24.3 Å². The summed E-state index contributed by atoms with van der Waals surface area (Å²) in [4.78, 5) is 23.5. The molecule has 0 aliphatic heterocycles. The minimum absolute atomic E-state index is 0.133. The molecule has 120 valence electrons. The summed E-state index contributed by atoms with van der Waals surface area (Å²) in [5, 5.41) is 15.0. The van der Waals surface area contributed by atoms with Crippen LogP contribution in [-0.2, 0) is 15.2 Å². The maximum atomic E-state index is 13.0. The molecule has 0 spiro atoms. The summed E-state index contributed by atoms with van der Waals surface area (Å²) < 4.78 is 13.0. The molecule has 2 rings (SSSR count). The van der Waals surface area contributed by atoms with Crippen molar-refractivity contribution in [3.05, 3.63) is 66.0 Å². The monoisotopic (exact) mass is 316 g/mol. The van der Waals surface area contributed by atoms with Gasteiger partial charge < -0.3 is 15.7 Å². The van der Waals surface area contributed by atoms with Gasteiger partial charge in [-0.25, -0.2) is 4.39 Å². The summed E-state index contributed by atoms with van der Waals surface area (Å²) >= 11 is 0. The van der Waals surface area contributed by atoms with Crippen LogP contribution in [0, 0.1) is 5.82 Å². The number of amides is 2. The lowest BCUT2D eigenvalue weighted by Gasteiger charge is -2.24. The lowest BCUT2D eigenvalue weighted by molar-refractivity contribution is -0.136. The molecule has 23 heavy (non-hydrogen) atoms. The molecular weight excluding hydrogens is 299 g/mol. The predicted octanol–water partition coefficient (Wildman–Crippen LogP) is 1.79. The number of hydrogen-bond acceptors (Lipinski definition) is 3. The largest absolute Gasteiger partial charge is 0.384 e. The number of carbonyl (C=O) groups excluding carboxylic acids is 2. The Morgan fingerprint density at radius 1 is 1.09 bits per heavy atom. The van der Waals surface area contributed by atoms with Crippen molar-refractivity contribution in [2.75, 3.05) is 11.9 Å². The smallest absolute Gasteiger partial charge is 0.313 e. The molecule has 3 N–H and O–H groups in total. The second-order valence-electron chi connectivity index (χ2n) is 5.29. The lowest BCUT2D eigenvalue weighted by atomic mass is 9.96. The third-order valence-corrected chi connectivity index (χ3v) is 3.28. The van der Waals surface area contributed by atoms with Gasteiger partial charge in [-0.3, -0.25) is 9.59 Å². The average Bonchev–Trinajstić information content (AvgIpc) is 2.53. The van der Waals surface area contributed by atoms with E-state index in [1.807, 2.05) is 6.07 Å². The Bertz CT molecular complexity index is 702. The topological polar surface area (TPSA) is 78.4 Å². The van der Waals surface area contributed by atoms with E-state index >= 15 is 0 Å². The quantitative estimate of drug-likeness (QED) is 0.753. The van der Waals surface area contributed by atoms with Gasteiger partial charge in [0.15, 0.2) is 0 Å². The number of halogens is 1. The van der Waals surface area contributed by atoms with Crippen LogP contribution in [0.4, 0.5) is 10.1 Å². The molecule has 0 heterocycles. The van der Waals surface area contributed by atoms with E-state index < -0.39 is 23.2 Å². The molecule has 0 aliphatic carbocycles. The number of nitrogens with one attached hydrogen (secondary N) is 2. The Balaban J connectivity index is 1.92. The molecule has 0 fully saturated rings. The molecule has 0 saturated heterocycles. The van der Waals surface area contributed by atoms with Gasteiger partial charge >= 0.3 is 11.8 Å². The summed E-state index contributed by atoms with van der Waals surface area (Å²) in [5.74, 6) is -2.36. The minimum Gasteiger partial charge on any atom is -0.384 e. The highest BCUT2D eigenvalue weighted by atomic mass is 19.1. The van der Waals surface area contributed by atoms with Crippen LogP contribution in [-0.4, -0.2) is 23.5 Å². The van der Waals surface area contributed by atoms with Crippen molar-refractivity contribution in [2.24, 2.45) is 0 Å². The van der Waals surface area contributed by atoms with Gasteiger partial charge in [0.1, 0.15) is 11.4 Å². The molecule has 0 bridgehead atoms. The van der Waals surface area contributed by atoms with Gasteiger partial charge in [-0.1, -0.05) is 36.4 Å². The van der Waals surface area contributed by atoms with Crippen molar-refractivity contribution in [3.8, 4) is 0 Å². The summed E-state index contributed by atoms with van der Waals surface area (Å²) in [7, 11) is 0. The van der Waals surface area contributed by atoms with Gasteiger partial charge in [-0.15, -0.1) is 0 Å². The minimum atomic E-state index is -1.31. The molecule has 6 heteroatoms. The van der Waals surface area contributed by atoms with E-state index in [0.29, 0.717) is 5.56 Å². The van der Waals surface area contributed by atoms with Crippen LogP contribution in [0.1, 0.15) is 12.5 Å². The highest BCUT2D eigenvalue weighted by molar-refractivity contribution is 6.39. The van der Waals surface area contributed by atoms with Crippen LogP contribution in [0.5, 0.6) is 0 Å². The second-order valence-corrected chi connectivity index (χ2v) is 5.29. The average molecular weight is 316 g/mol. The van der Waals surface area contributed by atoms with E-state index in [2.05, 4.69) is 10.6 Å². The number of rotatable bonds is 4. The first-order valence-electron chi connectivity index (χ1n) is 7.01. The number of aliphatic hydroxyl groups is 1. The van der Waals surface area contributed by atoms with Crippen molar-refractivity contribution < 1.29 is 19.1 Å². The van der Waals surface area contributed by atoms with E-state index in [4.69, 9.17) is 0 Å². The number of carbonyl (C=O) groups is 2. The van der Waals surface area contributed by atoms with Crippen molar-refractivity contribution >= 4 is 17.5 Å². The van der Waals surface area contributed by atoms with Crippen LogP contribution in [0.15, 0.2) is 54.6 Å². The van der Waals surface area contributed by atoms with Crippen LogP contribution in [0.25, 0.3) is 0 Å². The Hall–Kier alpha value is -2.73. The maximum absolute atomic E-state index is 13.0. The summed E-state index contributed by atoms with van der Waals surface area (Å²) in [5.41, 5.74) is -0.512. The summed E-state index contributed by atoms with van der Waals surface area (Å²) in [6.45, 7) is 1.40. The van der Waals surface area contributed by atoms with Gasteiger partial charge in [0.25, 0.3) is 0 Å². The molecule has 1 unspecified atom stereocenters. The summed E-state index contributed by atoms with van der Waals surface area (Å²) in [6.07, 6.45) is 0. The van der Waals surface area contributed by atoms with Gasteiger partial charge in [-0.2, -0.15) is 0 Å². The van der Waals surface area contributed by atoms with Crippen molar-refractivity contribution in [2.45, 2.75) is 12.5 Å². The van der Waals surface area contributed by atoms with E-state index in [1.165, 1.54) is 25.1 Å². The normalized spacial score (nSPS) is 13.0. The SMILES string of the molecule is CC(O)(CNC(=O)C(=O)Nc1cccc(F)c1)c1ccccc1. The predicted molar refractivity (Wildman–Crippen MR) is 84.1 cm³/mol. The summed E-state index contributed by atoms with van der Waals surface area (Å²) in [6, 6.07) is 14.0. The Kier molecular flexibility index (Phi) is 5.08. The van der Waals surface area contributed by atoms with Gasteiger partial charge in [0.05, 0.1) is 6.54 Å². The molecule has 0 saturated carbocycles. The van der Waals surface area contributed by atoms with E-state index in [9.17, 15) is 19.1 Å². The zero-order chi connectivity index (χ0) is 16.9. The van der Waals surface area contributed by atoms with E-state index in [-0.39, 0.29) is 12.2 Å². The molecular formula is C17H17FN2O3. The zero-order valence-electron chi connectivity index (χ0n) is 12.5. The third kappa shape index (κ3) is 4.62. The molecule has 0 aliphatic rings. The van der Waals surface area contributed by atoms with Gasteiger partial charge in [0, 0.05) is 5.69 Å². The highest BCUT2D eigenvalue weighted by Crippen LogP contribution is 2.18. The molecule has 2 amide bonds. The van der Waals surface area contributed by atoms with Crippen LogP contribution in [0.2, 0.25) is 0 Å². The Morgan fingerprint density at radius 2 is 1.78 bits per heavy atom. The highest BCUT2D eigenvalue weighted by Gasteiger charge is 2.25. The van der Waals surface area contributed by atoms with Gasteiger partial charge in [-0.05, 0) is 30.7 Å².